The number of aromatic carboxylic acids is 1. The van der Waals surface area contributed by atoms with Crippen LogP contribution in [0.5, 0.6) is 17.2 Å². The predicted molar refractivity (Wildman–Crippen MR) is 165 cm³/mol. The zero-order valence-corrected chi connectivity index (χ0v) is 24.4. The van der Waals surface area contributed by atoms with Gasteiger partial charge in [-0.25, -0.2) is 9.18 Å². The molecule has 0 aliphatic rings. The summed E-state index contributed by atoms with van der Waals surface area (Å²) >= 11 is 0. The van der Waals surface area contributed by atoms with E-state index in [0.29, 0.717) is 22.9 Å². The number of carboxylic acids is 1. The van der Waals surface area contributed by atoms with Crippen LogP contribution in [-0.2, 0) is 12.8 Å². The standard InChI is InChI=1S/C36H29F4NO4/c1-22(2)31-20-34(41-27-12-16-29(17-13-27)45-28-14-10-26(37)11-15-28)33(35(42)43)19-32(31)24-8-6-23(7-9-24)21-44-30-5-3-4-25(18-30)36(38,39)40/h3-20,22,41H,21H2,1-2H3,(H,42,43). The highest BCUT2D eigenvalue weighted by molar-refractivity contribution is 5.97. The van der Waals surface area contributed by atoms with Crippen molar-refractivity contribution in [3.63, 3.8) is 0 Å². The summed E-state index contributed by atoms with van der Waals surface area (Å²) < 4.78 is 63.6. The van der Waals surface area contributed by atoms with E-state index in [4.69, 9.17) is 9.47 Å². The zero-order valence-electron chi connectivity index (χ0n) is 24.4. The molecule has 0 saturated carbocycles. The van der Waals surface area contributed by atoms with Crippen LogP contribution in [0, 0.1) is 5.82 Å². The second-order valence-corrected chi connectivity index (χ2v) is 10.7. The van der Waals surface area contributed by atoms with E-state index in [2.05, 4.69) is 5.32 Å². The molecule has 2 N–H and O–H groups in total. The third kappa shape index (κ3) is 7.80. The van der Waals surface area contributed by atoms with Gasteiger partial charge in [-0.3, -0.25) is 0 Å². The first-order chi connectivity index (χ1) is 21.5. The highest BCUT2D eigenvalue weighted by Gasteiger charge is 2.30. The summed E-state index contributed by atoms with van der Waals surface area (Å²) in [5.41, 5.74) is 3.58. The van der Waals surface area contributed by atoms with Crippen molar-refractivity contribution in [3.8, 4) is 28.4 Å². The maximum atomic E-state index is 13.2. The molecule has 5 nitrogen and oxygen atoms in total. The number of ether oxygens (including phenoxy) is 2. The Morgan fingerprint density at radius 1 is 0.822 bits per heavy atom. The lowest BCUT2D eigenvalue weighted by atomic mass is 9.89. The Hall–Kier alpha value is -5.31. The minimum Gasteiger partial charge on any atom is -0.489 e. The number of carboxylic acid groups (broad SMARTS) is 1. The van der Waals surface area contributed by atoms with Gasteiger partial charge in [-0.05, 0) is 107 Å². The molecule has 5 aromatic rings. The summed E-state index contributed by atoms with van der Waals surface area (Å²) in [4.78, 5) is 12.3. The molecule has 0 bridgehead atoms. The third-order valence-electron chi connectivity index (χ3n) is 7.06. The van der Waals surface area contributed by atoms with Crippen molar-refractivity contribution >= 4 is 17.3 Å². The van der Waals surface area contributed by atoms with Crippen LogP contribution in [0.15, 0.2) is 109 Å². The lowest BCUT2D eigenvalue weighted by Gasteiger charge is -2.19. The number of halogens is 4. The number of nitrogens with one attached hydrogen (secondary N) is 1. The van der Waals surface area contributed by atoms with Gasteiger partial charge in [0.15, 0.2) is 0 Å². The first-order valence-electron chi connectivity index (χ1n) is 14.1. The molecule has 0 aliphatic carbocycles. The normalized spacial score (nSPS) is 11.4. The van der Waals surface area contributed by atoms with E-state index in [1.54, 1.807) is 42.5 Å². The molecule has 0 aliphatic heterocycles. The number of anilines is 2. The second kappa shape index (κ2) is 13.1. The van der Waals surface area contributed by atoms with Crippen molar-refractivity contribution < 1.29 is 36.9 Å². The summed E-state index contributed by atoms with van der Waals surface area (Å²) in [6, 6.07) is 28.1. The van der Waals surface area contributed by atoms with Gasteiger partial charge in [-0.1, -0.05) is 44.2 Å². The fourth-order valence-corrected chi connectivity index (χ4v) is 4.73. The van der Waals surface area contributed by atoms with E-state index >= 15 is 0 Å². The topological polar surface area (TPSA) is 67.8 Å². The van der Waals surface area contributed by atoms with Gasteiger partial charge in [0.05, 0.1) is 16.8 Å². The van der Waals surface area contributed by atoms with Crippen molar-refractivity contribution in [3.05, 3.63) is 137 Å². The molecular formula is C36H29F4NO4. The number of hydrogen-bond acceptors (Lipinski definition) is 4. The number of benzene rings is 5. The molecule has 0 aromatic heterocycles. The molecule has 45 heavy (non-hydrogen) atoms. The number of alkyl halides is 3. The monoisotopic (exact) mass is 615 g/mol. The summed E-state index contributed by atoms with van der Waals surface area (Å²) in [7, 11) is 0. The molecule has 0 atom stereocenters. The maximum Gasteiger partial charge on any atom is 0.416 e. The highest BCUT2D eigenvalue weighted by atomic mass is 19.4. The Kier molecular flexibility index (Phi) is 9.08. The van der Waals surface area contributed by atoms with Gasteiger partial charge < -0.3 is 19.9 Å². The average Bonchev–Trinajstić information content (AvgIpc) is 3.02. The van der Waals surface area contributed by atoms with E-state index in [1.807, 2.05) is 32.0 Å². The van der Waals surface area contributed by atoms with Gasteiger partial charge in [-0.2, -0.15) is 13.2 Å². The van der Waals surface area contributed by atoms with Crippen LogP contribution in [0.4, 0.5) is 28.9 Å². The highest BCUT2D eigenvalue weighted by Crippen LogP contribution is 2.36. The fraction of sp³-hybridized carbons (Fsp3) is 0.139. The minimum atomic E-state index is -4.46. The molecule has 9 heteroatoms. The minimum absolute atomic E-state index is 0.0544. The van der Waals surface area contributed by atoms with E-state index < -0.39 is 17.7 Å². The molecule has 0 spiro atoms. The van der Waals surface area contributed by atoms with Crippen LogP contribution in [0.1, 0.15) is 46.8 Å². The Morgan fingerprint density at radius 3 is 2.07 bits per heavy atom. The van der Waals surface area contributed by atoms with Crippen molar-refractivity contribution in [2.75, 3.05) is 5.32 Å². The van der Waals surface area contributed by atoms with Gasteiger partial charge in [0.2, 0.25) is 0 Å². The molecular weight excluding hydrogens is 586 g/mol. The second-order valence-electron chi connectivity index (χ2n) is 10.7. The van der Waals surface area contributed by atoms with E-state index in [1.165, 1.54) is 36.4 Å². The molecule has 0 amide bonds. The van der Waals surface area contributed by atoms with Crippen molar-refractivity contribution in [2.45, 2.75) is 32.5 Å². The van der Waals surface area contributed by atoms with E-state index in [0.717, 1.165) is 34.4 Å². The number of rotatable bonds is 10. The predicted octanol–water partition coefficient (Wildman–Crippen LogP) is 10.4. The van der Waals surface area contributed by atoms with E-state index in [-0.39, 0.29) is 29.7 Å². The first-order valence-corrected chi connectivity index (χ1v) is 14.1. The largest absolute Gasteiger partial charge is 0.489 e. The SMILES string of the molecule is CC(C)c1cc(Nc2ccc(Oc3ccc(F)cc3)cc2)c(C(=O)O)cc1-c1ccc(COc2cccc(C(F)(F)F)c2)cc1. The average molecular weight is 616 g/mol. The summed E-state index contributed by atoms with van der Waals surface area (Å²) in [6.07, 6.45) is -4.46. The van der Waals surface area contributed by atoms with E-state index in [9.17, 15) is 27.5 Å². The third-order valence-corrected chi connectivity index (χ3v) is 7.06. The van der Waals surface area contributed by atoms with Crippen LogP contribution in [0.3, 0.4) is 0 Å². The van der Waals surface area contributed by atoms with Crippen molar-refractivity contribution in [1.82, 2.24) is 0 Å². The summed E-state index contributed by atoms with van der Waals surface area (Å²) in [5, 5.41) is 13.3. The van der Waals surface area contributed by atoms with Crippen LogP contribution in [0.25, 0.3) is 11.1 Å². The van der Waals surface area contributed by atoms with Gasteiger partial charge >= 0.3 is 12.1 Å². The van der Waals surface area contributed by atoms with Crippen LogP contribution in [-0.4, -0.2) is 11.1 Å². The Morgan fingerprint density at radius 2 is 1.47 bits per heavy atom. The molecule has 0 radical (unpaired) electrons. The van der Waals surface area contributed by atoms with Gasteiger partial charge in [-0.15, -0.1) is 0 Å². The van der Waals surface area contributed by atoms with Crippen LogP contribution < -0.4 is 14.8 Å². The molecule has 5 rings (SSSR count). The number of carbonyl (C=O) groups is 1. The van der Waals surface area contributed by atoms with Gasteiger partial charge in [0.1, 0.15) is 29.7 Å². The summed E-state index contributed by atoms with van der Waals surface area (Å²) in [5.74, 6) is -0.274. The number of hydrogen-bond donors (Lipinski definition) is 2. The summed E-state index contributed by atoms with van der Waals surface area (Å²) in [6.45, 7) is 4.10. The molecule has 0 unspecified atom stereocenters. The molecule has 5 aromatic carbocycles. The molecule has 0 saturated heterocycles. The van der Waals surface area contributed by atoms with Crippen LogP contribution in [0.2, 0.25) is 0 Å². The Labute approximate surface area is 257 Å². The van der Waals surface area contributed by atoms with Crippen molar-refractivity contribution in [1.29, 1.82) is 0 Å². The first kappa shape index (κ1) is 31.1. The smallest absolute Gasteiger partial charge is 0.416 e. The Balaban J connectivity index is 1.34. The maximum absolute atomic E-state index is 13.2. The van der Waals surface area contributed by atoms with Gasteiger partial charge in [0.25, 0.3) is 0 Å². The molecule has 0 fully saturated rings. The van der Waals surface area contributed by atoms with Gasteiger partial charge in [0, 0.05) is 5.69 Å². The zero-order chi connectivity index (χ0) is 32.1. The fourth-order valence-electron chi connectivity index (χ4n) is 4.73. The quantitative estimate of drug-likeness (QED) is 0.153. The molecule has 0 heterocycles. The lowest BCUT2D eigenvalue weighted by Crippen LogP contribution is -2.06. The lowest BCUT2D eigenvalue weighted by molar-refractivity contribution is -0.137. The van der Waals surface area contributed by atoms with Crippen molar-refractivity contribution in [2.24, 2.45) is 0 Å². The van der Waals surface area contributed by atoms with Crippen LogP contribution >= 0.6 is 0 Å². The molecule has 230 valence electrons. The Bertz CT molecular complexity index is 1780.